The SMILES string of the molecule is Cc1ccc(NC(=O)CCS)cc1N(C)C. The summed E-state index contributed by atoms with van der Waals surface area (Å²) in [5, 5.41) is 2.85. The first-order valence-corrected chi connectivity index (χ1v) is 5.86. The van der Waals surface area contributed by atoms with Crippen LogP contribution in [-0.2, 0) is 4.79 Å². The average molecular weight is 238 g/mol. The van der Waals surface area contributed by atoms with Crippen molar-refractivity contribution in [2.24, 2.45) is 0 Å². The highest BCUT2D eigenvalue weighted by atomic mass is 32.1. The Bertz CT molecular complexity index is 377. The number of hydrogen-bond donors (Lipinski definition) is 2. The highest BCUT2D eigenvalue weighted by Gasteiger charge is 2.05. The molecule has 88 valence electrons. The van der Waals surface area contributed by atoms with Gasteiger partial charge in [-0.1, -0.05) is 6.07 Å². The number of rotatable bonds is 4. The molecule has 0 atom stereocenters. The van der Waals surface area contributed by atoms with Gasteiger partial charge in [0.15, 0.2) is 0 Å². The van der Waals surface area contributed by atoms with Gasteiger partial charge in [-0.15, -0.1) is 0 Å². The Morgan fingerprint density at radius 2 is 2.12 bits per heavy atom. The van der Waals surface area contributed by atoms with E-state index in [2.05, 4.69) is 24.9 Å². The van der Waals surface area contributed by atoms with E-state index in [1.807, 2.05) is 37.2 Å². The third kappa shape index (κ3) is 3.45. The molecule has 0 aromatic heterocycles. The van der Waals surface area contributed by atoms with Crippen molar-refractivity contribution < 1.29 is 4.79 Å². The summed E-state index contributed by atoms with van der Waals surface area (Å²) in [7, 11) is 3.98. The number of nitrogens with zero attached hydrogens (tertiary/aromatic N) is 1. The lowest BCUT2D eigenvalue weighted by Gasteiger charge is -2.17. The van der Waals surface area contributed by atoms with E-state index in [1.165, 1.54) is 5.56 Å². The molecule has 1 amide bonds. The van der Waals surface area contributed by atoms with Gasteiger partial charge in [0, 0.05) is 31.9 Å². The fraction of sp³-hybridized carbons (Fsp3) is 0.417. The van der Waals surface area contributed by atoms with Gasteiger partial charge in [-0.25, -0.2) is 0 Å². The number of amides is 1. The van der Waals surface area contributed by atoms with Crippen LogP contribution < -0.4 is 10.2 Å². The summed E-state index contributed by atoms with van der Waals surface area (Å²) in [5.41, 5.74) is 3.14. The Morgan fingerprint density at radius 1 is 1.44 bits per heavy atom. The molecule has 0 saturated heterocycles. The summed E-state index contributed by atoms with van der Waals surface area (Å²) in [6, 6.07) is 5.90. The van der Waals surface area contributed by atoms with Crippen molar-refractivity contribution in [1.29, 1.82) is 0 Å². The molecule has 0 fully saturated rings. The zero-order chi connectivity index (χ0) is 12.1. The van der Waals surface area contributed by atoms with Crippen LogP contribution in [0.1, 0.15) is 12.0 Å². The molecule has 0 spiro atoms. The quantitative estimate of drug-likeness (QED) is 0.789. The van der Waals surface area contributed by atoms with Crippen LogP contribution in [0.25, 0.3) is 0 Å². The van der Waals surface area contributed by atoms with Gasteiger partial charge in [0.25, 0.3) is 0 Å². The fourth-order valence-corrected chi connectivity index (χ4v) is 1.70. The van der Waals surface area contributed by atoms with Crippen molar-refractivity contribution in [2.75, 3.05) is 30.1 Å². The molecule has 1 aromatic carbocycles. The first-order chi connectivity index (χ1) is 7.54. The molecule has 16 heavy (non-hydrogen) atoms. The second kappa shape index (κ2) is 5.80. The topological polar surface area (TPSA) is 32.3 Å². The van der Waals surface area contributed by atoms with Crippen LogP contribution in [0.15, 0.2) is 18.2 Å². The van der Waals surface area contributed by atoms with Crippen molar-refractivity contribution >= 4 is 29.9 Å². The van der Waals surface area contributed by atoms with Crippen molar-refractivity contribution in [3.05, 3.63) is 23.8 Å². The maximum atomic E-state index is 11.4. The molecule has 0 radical (unpaired) electrons. The summed E-state index contributed by atoms with van der Waals surface area (Å²) >= 11 is 4.03. The molecule has 0 aliphatic heterocycles. The van der Waals surface area contributed by atoms with Crippen LogP contribution in [0.3, 0.4) is 0 Å². The van der Waals surface area contributed by atoms with Crippen molar-refractivity contribution in [1.82, 2.24) is 0 Å². The molecule has 0 bridgehead atoms. The van der Waals surface area contributed by atoms with E-state index in [0.29, 0.717) is 12.2 Å². The lowest BCUT2D eigenvalue weighted by atomic mass is 10.1. The van der Waals surface area contributed by atoms with Gasteiger partial charge in [0.1, 0.15) is 0 Å². The fourth-order valence-electron chi connectivity index (χ4n) is 1.49. The highest BCUT2D eigenvalue weighted by molar-refractivity contribution is 7.80. The number of hydrogen-bond acceptors (Lipinski definition) is 3. The summed E-state index contributed by atoms with van der Waals surface area (Å²) in [5.74, 6) is 0.571. The van der Waals surface area contributed by atoms with Gasteiger partial charge in [0.2, 0.25) is 5.91 Å². The van der Waals surface area contributed by atoms with E-state index in [1.54, 1.807) is 0 Å². The maximum Gasteiger partial charge on any atom is 0.225 e. The Kier molecular flexibility index (Phi) is 4.68. The van der Waals surface area contributed by atoms with Crippen molar-refractivity contribution in [2.45, 2.75) is 13.3 Å². The van der Waals surface area contributed by atoms with E-state index in [-0.39, 0.29) is 5.91 Å². The van der Waals surface area contributed by atoms with Crippen LogP contribution in [0.5, 0.6) is 0 Å². The molecule has 0 aliphatic rings. The van der Waals surface area contributed by atoms with Gasteiger partial charge in [0.05, 0.1) is 0 Å². The minimum atomic E-state index is 0.00330. The maximum absolute atomic E-state index is 11.4. The van der Waals surface area contributed by atoms with Crippen LogP contribution >= 0.6 is 12.6 Å². The third-order valence-electron chi connectivity index (χ3n) is 2.31. The standard InChI is InChI=1S/C12H18N2OS/c1-9-4-5-10(8-11(9)14(2)3)13-12(15)6-7-16/h4-5,8,16H,6-7H2,1-3H3,(H,13,15). The van der Waals surface area contributed by atoms with Gasteiger partial charge in [-0.05, 0) is 30.4 Å². The molecule has 0 aliphatic carbocycles. The molecule has 0 heterocycles. The number of carbonyl (C=O) groups excluding carboxylic acids is 1. The van der Waals surface area contributed by atoms with Gasteiger partial charge in [-0.3, -0.25) is 4.79 Å². The Balaban J connectivity index is 2.82. The number of benzene rings is 1. The Labute approximate surface area is 102 Å². The average Bonchev–Trinajstić information content (AvgIpc) is 2.21. The van der Waals surface area contributed by atoms with Gasteiger partial charge >= 0.3 is 0 Å². The summed E-state index contributed by atoms with van der Waals surface area (Å²) < 4.78 is 0. The summed E-state index contributed by atoms with van der Waals surface area (Å²) in [4.78, 5) is 13.4. The zero-order valence-electron chi connectivity index (χ0n) is 9.95. The Hall–Kier alpha value is -1.16. The van der Waals surface area contributed by atoms with Crippen LogP contribution in [-0.4, -0.2) is 25.8 Å². The minimum Gasteiger partial charge on any atom is -0.377 e. The molecule has 4 heteroatoms. The largest absolute Gasteiger partial charge is 0.377 e. The molecule has 0 saturated carbocycles. The number of carbonyl (C=O) groups is 1. The number of nitrogens with one attached hydrogen (secondary N) is 1. The van der Waals surface area contributed by atoms with Crippen LogP contribution in [0, 0.1) is 6.92 Å². The number of aryl methyl sites for hydroxylation is 1. The second-order valence-electron chi connectivity index (χ2n) is 3.92. The summed E-state index contributed by atoms with van der Waals surface area (Å²) in [6.07, 6.45) is 0.439. The molecular weight excluding hydrogens is 220 g/mol. The molecule has 3 nitrogen and oxygen atoms in total. The lowest BCUT2D eigenvalue weighted by molar-refractivity contribution is -0.115. The van der Waals surface area contributed by atoms with E-state index >= 15 is 0 Å². The monoisotopic (exact) mass is 238 g/mol. The molecule has 1 rings (SSSR count). The Morgan fingerprint density at radius 3 is 2.69 bits per heavy atom. The van der Waals surface area contributed by atoms with Crippen LogP contribution in [0.2, 0.25) is 0 Å². The first kappa shape index (κ1) is 12.9. The van der Waals surface area contributed by atoms with Crippen molar-refractivity contribution in [3.8, 4) is 0 Å². The molecule has 1 N–H and O–H groups in total. The third-order valence-corrected chi connectivity index (χ3v) is 2.54. The van der Waals surface area contributed by atoms with Crippen molar-refractivity contribution in [3.63, 3.8) is 0 Å². The number of anilines is 2. The second-order valence-corrected chi connectivity index (χ2v) is 4.36. The highest BCUT2D eigenvalue weighted by Crippen LogP contribution is 2.22. The van der Waals surface area contributed by atoms with E-state index in [4.69, 9.17) is 0 Å². The normalized spacial score (nSPS) is 10.0. The zero-order valence-corrected chi connectivity index (χ0v) is 10.8. The van der Waals surface area contributed by atoms with E-state index in [0.717, 1.165) is 11.4 Å². The lowest BCUT2D eigenvalue weighted by Crippen LogP contribution is -2.14. The molecular formula is C12H18N2OS. The molecule has 1 aromatic rings. The van der Waals surface area contributed by atoms with E-state index in [9.17, 15) is 4.79 Å². The van der Waals surface area contributed by atoms with E-state index < -0.39 is 0 Å². The predicted molar refractivity (Wildman–Crippen MR) is 72.6 cm³/mol. The number of thiol groups is 1. The van der Waals surface area contributed by atoms with Gasteiger partial charge in [-0.2, -0.15) is 12.6 Å². The molecule has 0 unspecified atom stereocenters. The smallest absolute Gasteiger partial charge is 0.225 e. The summed E-state index contributed by atoms with van der Waals surface area (Å²) in [6.45, 7) is 2.05. The van der Waals surface area contributed by atoms with Gasteiger partial charge < -0.3 is 10.2 Å². The minimum absolute atomic E-state index is 0.00330. The van der Waals surface area contributed by atoms with Crippen LogP contribution in [0.4, 0.5) is 11.4 Å². The predicted octanol–water partition coefficient (Wildman–Crippen LogP) is 2.32. The first-order valence-electron chi connectivity index (χ1n) is 5.23.